The van der Waals surface area contributed by atoms with Crippen molar-refractivity contribution >= 4 is 22.6 Å². The van der Waals surface area contributed by atoms with Crippen LogP contribution in [-0.4, -0.2) is 11.8 Å². The molecular weight excluding hydrogens is 440 g/mol. The normalized spacial score (nSPS) is 13.2. The number of carbonyl (C=O) groups is 2. The number of amides is 2. The highest BCUT2D eigenvalue weighted by molar-refractivity contribution is 5.98. The highest BCUT2D eigenvalue weighted by Gasteiger charge is 2.36. The second-order valence-electron chi connectivity index (χ2n) is 9.10. The van der Waals surface area contributed by atoms with Crippen molar-refractivity contribution in [3.05, 3.63) is 107 Å². The summed E-state index contributed by atoms with van der Waals surface area (Å²) in [6.45, 7) is 4.46. The molecule has 7 nitrogen and oxygen atoms in total. The van der Waals surface area contributed by atoms with E-state index in [9.17, 15) is 9.59 Å². The van der Waals surface area contributed by atoms with Crippen molar-refractivity contribution in [2.24, 2.45) is 5.84 Å². The van der Waals surface area contributed by atoms with Crippen molar-refractivity contribution in [2.45, 2.75) is 25.9 Å². The molecule has 0 aliphatic heterocycles. The molecule has 5 N–H and O–H groups in total. The zero-order valence-electron chi connectivity index (χ0n) is 19.5. The van der Waals surface area contributed by atoms with Crippen LogP contribution in [0.25, 0.3) is 21.9 Å². The van der Waals surface area contributed by atoms with Crippen molar-refractivity contribution in [1.82, 2.24) is 16.4 Å². The summed E-state index contributed by atoms with van der Waals surface area (Å²) in [5.41, 5.74) is 13.1. The van der Waals surface area contributed by atoms with Crippen molar-refractivity contribution in [3.8, 4) is 11.1 Å². The molecule has 1 aliphatic carbocycles. The number of rotatable bonds is 6. The van der Waals surface area contributed by atoms with Gasteiger partial charge in [0.05, 0.1) is 6.61 Å². The fourth-order valence-electron chi connectivity index (χ4n) is 4.79. The maximum absolute atomic E-state index is 12.8. The average molecular weight is 467 g/mol. The smallest absolute Gasteiger partial charge is 0.267 e. The van der Waals surface area contributed by atoms with Gasteiger partial charge in [0.25, 0.3) is 11.8 Å². The highest BCUT2D eigenvalue weighted by atomic mass is 16.7. The molecule has 0 spiro atoms. The van der Waals surface area contributed by atoms with Gasteiger partial charge >= 0.3 is 0 Å². The first-order valence-corrected chi connectivity index (χ1v) is 11.3. The zero-order chi connectivity index (χ0) is 24.6. The number of nitrogen functional groups attached to an aromatic ring is 1. The monoisotopic (exact) mass is 466 g/mol. The molecule has 0 saturated heterocycles. The van der Waals surface area contributed by atoms with Gasteiger partial charge in [-0.15, -0.1) is 5.59 Å². The lowest BCUT2D eigenvalue weighted by molar-refractivity contribution is 0.00115. The van der Waals surface area contributed by atoms with Gasteiger partial charge in [-0.3, -0.25) is 25.3 Å². The Balaban J connectivity index is 1.28. The number of nitrogens with one attached hydrogen (secondary N) is 3. The molecule has 0 radical (unpaired) electrons. The molecule has 7 heteroatoms. The van der Waals surface area contributed by atoms with Crippen LogP contribution < -0.4 is 22.3 Å². The van der Waals surface area contributed by atoms with Crippen LogP contribution in [0.3, 0.4) is 0 Å². The maximum atomic E-state index is 12.8. The van der Waals surface area contributed by atoms with Crippen LogP contribution in [0.15, 0.2) is 78.9 Å². The highest BCUT2D eigenvalue weighted by Crippen LogP contribution is 2.49. The van der Waals surface area contributed by atoms with Crippen LogP contribution in [0.4, 0.5) is 0 Å². The largest absolute Gasteiger partial charge is 0.290 e. The third kappa shape index (κ3) is 4.06. The van der Waals surface area contributed by atoms with Crippen molar-refractivity contribution in [2.75, 3.05) is 0 Å². The van der Waals surface area contributed by atoms with Crippen LogP contribution in [0.5, 0.6) is 0 Å². The summed E-state index contributed by atoms with van der Waals surface area (Å²) >= 11 is 0. The van der Waals surface area contributed by atoms with E-state index in [-0.39, 0.29) is 17.2 Å². The zero-order valence-corrected chi connectivity index (χ0v) is 19.5. The molecule has 0 heterocycles. The third-order valence-electron chi connectivity index (χ3n) is 6.68. The van der Waals surface area contributed by atoms with Gasteiger partial charge < -0.3 is 0 Å². The minimum absolute atomic E-state index is 0.298. The van der Waals surface area contributed by atoms with Crippen LogP contribution in [-0.2, 0) is 16.9 Å². The van der Waals surface area contributed by atoms with Gasteiger partial charge in [0.2, 0.25) is 0 Å². The molecule has 0 atom stereocenters. The first-order chi connectivity index (χ1) is 16.9. The molecule has 2 amide bonds. The molecule has 4 aromatic carbocycles. The number of benzene rings is 4. The fraction of sp³-hybridized carbons (Fsp3) is 0.143. The summed E-state index contributed by atoms with van der Waals surface area (Å²) in [5.74, 6) is 4.66. The Bertz CT molecular complexity index is 1460. The van der Waals surface area contributed by atoms with E-state index < -0.39 is 0 Å². The molecule has 5 rings (SSSR count). The summed E-state index contributed by atoms with van der Waals surface area (Å²) in [7, 11) is 0. The first kappa shape index (κ1) is 22.7. The Hall–Kier alpha value is -4.04. The van der Waals surface area contributed by atoms with E-state index in [0.717, 1.165) is 38.6 Å². The van der Waals surface area contributed by atoms with Gasteiger partial charge in [0.1, 0.15) is 0 Å². The van der Waals surface area contributed by atoms with E-state index >= 15 is 0 Å². The topological polar surface area (TPSA) is 105 Å². The average Bonchev–Trinajstić information content (AvgIpc) is 3.11. The second kappa shape index (κ2) is 8.96. The van der Waals surface area contributed by atoms with Crippen molar-refractivity contribution in [3.63, 3.8) is 0 Å². The summed E-state index contributed by atoms with van der Waals surface area (Å²) in [6, 6.07) is 25.3. The first-order valence-electron chi connectivity index (χ1n) is 11.3. The van der Waals surface area contributed by atoms with Gasteiger partial charge in [-0.1, -0.05) is 68.4 Å². The molecular formula is C28H26N4O3. The lowest BCUT2D eigenvalue weighted by Crippen LogP contribution is -2.37. The molecule has 0 unspecified atom stereocenters. The summed E-state index contributed by atoms with van der Waals surface area (Å²) in [4.78, 5) is 30.3. The Labute approximate surface area is 203 Å². The van der Waals surface area contributed by atoms with Gasteiger partial charge in [-0.2, -0.15) is 0 Å². The predicted molar refractivity (Wildman–Crippen MR) is 135 cm³/mol. The van der Waals surface area contributed by atoms with E-state index in [4.69, 9.17) is 10.7 Å². The van der Waals surface area contributed by atoms with E-state index in [1.54, 1.807) is 12.1 Å². The molecule has 0 bridgehead atoms. The number of fused-ring (bicyclic) bond motifs is 4. The standard InChI is InChI=1S/C28H26N4O3/c1-28(2)24-14-18(26(33)30-29)10-12-22(24)23-13-11-19(15-25(23)28)27(34)31-32-35-16-20-8-5-7-17-6-3-4-9-21(17)20/h3-15,32H,16,29H2,1-2H3,(H,30,33)(H,31,34). The van der Waals surface area contributed by atoms with E-state index in [0.29, 0.717) is 17.7 Å². The molecule has 176 valence electrons. The second-order valence-corrected chi connectivity index (χ2v) is 9.10. The lowest BCUT2D eigenvalue weighted by atomic mass is 9.81. The van der Waals surface area contributed by atoms with Crippen LogP contribution >= 0.6 is 0 Å². The van der Waals surface area contributed by atoms with Crippen LogP contribution in [0, 0.1) is 0 Å². The third-order valence-corrected chi connectivity index (χ3v) is 6.68. The quantitative estimate of drug-likeness (QED) is 0.148. The van der Waals surface area contributed by atoms with Gasteiger partial charge in [0.15, 0.2) is 0 Å². The number of carbonyl (C=O) groups excluding carboxylic acids is 2. The molecule has 0 saturated carbocycles. The molecule has 0 aromatic heterocycles. The number of hydrazine groups is 2. The summed E-state index contributed by atoms with van der Waals surface area (Å²) in [6.07, 6.45) is 0. The van der Waals surface area contributed by atoms with Crippen LogP contribution in [0.1, 0.15) is 51.3 Å². The Morgan fingerprint density at radius 2 is 1.46 bits per heavy atom. The van der Waals surface area contributed by atoms with Crippen LogP contribution in [0.2, 0.25) is 0 Å². The SMILES string of the molecule is CC1(C)c2cc(C(=O)NN)ccc2-c2ccc(C(=O)NNOCc3cccc4ccccc34)cc21. The van der Waals surface area contributed by atoms with E-state index in [1.165, 1.54) is 0 Å². The minimum Gasteiger partial charge on any atom is -0.290 e. The van der Waals surface area contributed by atoms with Gasteiger partial charge in [-0.05, 0) is 62.9 Å². The van der Waals surface area contributed by atoms with Gasteiger partial charge in [0, 0.05) is 16.5 Å². The number of nitrogens with two attached hydrogens (primary N) is 1. The van der Waals surface area contributed by atoms with E-state index in [2.05, 4.69) is 42.4 Å². The molecule has 35 heavy (non-hydrogen) atoms. The molecule has 4 aromatic rings. The lowest BCUT2D eigenvalue weighted by Gasteiger charge is -2.22. The van der Waals surface area contributed by atoms with Crippen molar-refractivity contribution < 1.29 is 14.4 Å². The summed E-state index contributed by atoms with van der Waals surface area (Å²) < 4.78 is 0. The predicted octanol–water partition coefficient (Wildman–Crippen LogP) is 4.12. The Kier molecular flexibility index (Phi) is 5.82. The number of hydrogen-bond donors (Lipinski definition) is 4. The Morgan fingerprint density at radius 3 is 2.14 bits per heavy atom. The van der Waals surface area contributed by atoms with Crippen molar-refractivity contribution in [1.29, 1.82) is 0 Å². The summed E-state index contributed by atoms with van der Waals surface area (Å²) in [5, 5.41) is 2.24. The molecule has 1 aliphatic rings. The molecule has 0 fully saturated rings. The Morgan fingerprint density at radius 1 is 0.829 bits per heavy atom. The van der Waals surface area contributed by atoms with E-state index in [1.807, 2.05) is 54.6 Å². The number of hydrogen-bond acceptors (Lipinski definition) is 5. The fourth-order valence-corrected chi connectivity index (χ4v) is 4.79. The maximum Gasteiger partial charge on any atom is 0.267 e. The van der Waals surface area contributed by atoms with Gasteiger partial charge in [-0.25, -0.2) is 5.84 Å². The minimum atomic E-state index is -0.385.